The van der Waals surface area contributed by atoms with E-state index in [4.69, 9.17) is 24.3 Å². The minimum atomic E-state index is -0.440. The lowest BCUT2D eigenvalue weighted by atomic mass is 9.89. The molecule has 45 heavy (non-hydrogen) atoms. The lowest BCUT2D eigenvalue weighted by molar-refractivity contribution is 0.0734. The van der Waals surface area contributed by atoms with Crippen LogP contribution in [0.3, 0.4) is 0 Å². The van der Waals surface area contributed by atoms with Gasteiger partial charge >= 0.3 is 5.97 Å². The minimum Gasteiger partial charge on any atom is -0.496 e. The molecule has 0 amide bonds. The summed E-state index contributed by atoms with van der Waals surface area (Å²) in [7, 11) is 1.62. The Bertz CT molecular complexity index is 1530. The summed E-state index contributed by atoms with van der Waals surface area (Å²) in [5.74, 6) is 1.93. The van der Waals surface area contributed by atoms with Crippen molar-refractivity contribution in [3.05, 3.63) is 90.5 Å². The zero-order valence-electron chi connectivity index (χ0n) is 26.2. The average Bonchev–Trinajstić information content (AvgIpc) is 3.51. The van der Waals surface area contributed by atoms with Crippen molar-refractivity contribution in [2.75, 3.05) is 25.3 Å². The molecule has 1 aliphatic rings. The van der Waals surface area contributed by atoms with Gasteiger partial charge in [0.1, 0.15) is 17.2 Å². The Hall–Kier alpha value is -4.17. The van der Waals surface area contributed by atoms with Crippen molar-refractivity contribution in [3.63, 3.8) is 0 Å². The lowest BCUT2D eigenvalue weighted by Crippen LogP contribution is -2.26. The van der Waals surface area contributed by atoms with Crippen molar-refractivity contribution in [1.82, 2.24) is 4.98 Å². The van der Waals surface area contributed by atoms with Gasteiger partial charge in [-0.15, -0.1) is 6.58 Å². The molecule has 0 unspecified atom stereocenters. The zero-order valence-corrected chi connectivity index (χ0v) is 27.0. The van der Waals surface area contributed by atoms with Gasteiger partial charge in [0.15, 0.2) is 0 Å². The number of aromatic nitrogens is 1. The number of ether oxygens (including phenoxy) is 3. The van der Waals surface area contributed by atoms with E-state index in [0.29, 0.717) is 35.2 Å². The van der Waals surface area contributed by atoms with Crippen molar-refractivity contribution >= 4 is 38.9 Å². The van der Waals surface area contributed by atoms with Crippen LogP contribution in [-0.4, -0.2) is 37.4 Å². The molecular weight excluding hydrogens is 582 g/mol. The highest BCUT2D eigenvalue weighted by Gasteiger charge is 2.20. The van der Waals surface area contributed by atoms with Crippen LogP contribution in [0.5, 0.6) is 17.2 Å². The third-order valence-electron chi connectivity index (χ3n) is 8.07. The molecule has 3 aromatic carbocycles. The molecule has 7 nitrogen and oxygen atoms in total. The average molecular weight is 626 g/mol. The van der Waals surface area contributed by atoms with Gasteiger partial charge in [-0.3, -0.25) is 0 Å². The number of esters is 1. The Labute approximate surface area is 270 Å². The summed E-state index contributed by atoms with van der Waals surface area (Å²) in [5.41, 5.74) is 2.14. The number of methoxy groups -OCH3 is 1. The van der Waals surface area contributed by atoms with Crippen LogP contribution in [0.15, 0.2) is 84.5 Å². The molecule has 1 saturated carbocycles. The molecule has 1 aromatic heterocycles. The van der Waals surface area contributed by atoms with Gasteiger partial charge in [-0.1, -0.05) is 61.6 Å². The second-order valence-corrected chi connectivity index (χ2v) is 12.5. The number of fused-ring (bicyclic) bond motifs is 1. The fourth-order valence-corrected chi connectivity index (χ4v) is 6.49. The highest BCUT2D eigenvalue weighted by molar-refractivity contribution is 7.22. The minimum absolute atomic E-state index is 0.415. The van der Waals surface area contributed by atoms with Crippen molar-refractivity contribution in [2.45, 2.75) is 64.2 Å². The van der Waals surface area contributed by atoms with Crippen molar-refractivity contribution in [3.8, 4) is 17.2 Å². The van der Waals surface area contributed by atoms with Gasteiger partial charge in [0.2, 0.25) is 5.13 Å². The number of allylic oxidation sites excluding steroid dienone is 1. The van der Waals surface area contributed by atoms with E-state index >= 15 is 0 Å². The van der Waals surface area contributed by atoms with E-state index in [1.807, 2.05) is 41.4 Å². The maximum Gasteiger partial charge on any atom is 0.343 e. The van der Waals surface area contributed by atoms with Crippen LogP contribution in [0.1, 0.15) is 80.1 Å². The summed E-state index contributed by atoms with van der Waals surface area (Å²) < 4.78 is 18.4. The first-order valence-electron chi connectivity index (χ1n) is 16.0. The van der Waals surface area contributed by atoms with Crippen molar-refractivity contribution in [1.29, 1.82) is 0 Å². The third-order valence-corrected chi connectivity index (χ3v) is 9.12. The summed E-state index contributed by atoms with van der Waals surface area (Å²) in [6.45, 7) is 5.23. The van der Waals surface area contributed by atoms with Crippen LogP contribution in [0.2, 0.25) is 0 Å². The predicted octanol–water partition coefficient (Wildman–Crippen LogP) is 9.46. The number of hydrazone groups is 1. The second-order valence-electron chi connectivity index (χ2n) is 11.5. The maximum atomic E-state index is 13.0. The highest BCUT2D eigenvalue weighted by atomic mass is 32.1. The monoisotopic (exact) mass is 625 g/mol. The van der Waals surface area contributed by atoms with E-state index in [0.717, 1.165) is 46.9 Å². The van der Waals surface area contributed by atoms with Gasteiger partial charge < -0.3 is 14.2 Å². The molecule has 1 aliphatic carbocycles. The number of hydrogen-bond acceptors (Lipinski definition) is 8. The van der Waals surface area contributed by atoms with Gasteiger partial charge in [0, 0.05) is 12.1 Å². The summed E-state index contributed by atoms with van der Waals surface area (Å²) in [6, 6.07) is 20.6. The number of nitrogens with zero attached hydrogens (tertiary/aromatic N) is 3. The maximum absolute atomic E-state index is 13.0. The number of rotatable bonds is 16. The molecule has 1 heterocycles. The van der Waals surface area contributed by atoms with Gasteiger partial charge in [-0.25, -0.2) is 14.8 Å². The van der Waals surface area contributed by atoms with E-state index in [2.05, 4.69) is 12.6 Å². The van der Waals surface area contributed by atoms with Crippen LogP contribution in [-0.2, 0) is 0 Å². The van der Waals surface area contributed by atoms with Gasteiger partial charge in [0.25, 0.3) is 0 Å². The fraction of sp³-hybridized carbons (Fsp3) is 0.378. The van der Waals surface area contributed by atoms with Crippen LogP contribution >= 0.6 is 11.3 Å². The number of para-hydroxylation sites is 1. The van der Waals surface area contributed by atoms with E-state index in [1.165, 1.54) is 44.9 Å². The first-order chi connectivity index (χ1) is 22.1. The molecule has 4 aromatic rings. The molecule has 0 radical (unpaired) electrons. The van der Waals surface area contributed by atoms with Crippen LogP contribution in [0.25, 0.3) is 10.2 Å². The van der Waals surface area contributed by atoms with E-state index < -0.39 is 5.97 Å². The van der Waals surface area contributed by atoms with E-state index in [9.17, 15) is 4.79 Å². The molecule has 236 valence electrons. The standard InChI is InChI=1S/C37H43N3O4S/c1-3-4-5-6-7-13-24-43-31-20-18-29(19-21-31)36(41)44-32-22-23-34(42-2)30(25-32)26-38-40(27-28-14-9-8-10-15-28)37-39-33-16-11-12-17-35(33)45-37/h3,11-12,16-23,25-26,28H,1,4-10,13-15,24,27H2,2H3/b38-26+. The Balaban J connectivity index is 1.24. The normalized spacial score (nSPS) is 13.6. The van der Waals surface area contributed by atoms with Gasteiger partial charge in [0.05, 0.1) is 35.7 Å². The van der Waals surface area contributed by atoms with Gasteiger partial charge in [-0.2, -0.15) is 5.10 Å². The second kappa shape index (κ2) is 16.8. The van der Waals surface area contributed by atoms with Crippen LogP contribution in [0.4, 0.5) is 5.13 Å². The summed E-state index contributed by atoms with van der Waals surface area (Å²) in [5, 5.41) is 7.81. The smallest absolute Gasteiger partial charge is 0.343 e. The van der Waals surface area contributed by atoms with E-state index in [1.54, 1.807) is 55.0 Å². The molecule has 0 saturated heterocycles. The topological polar surface area (TPSA) is 73.2 Å². The first-order valence-corrected chi connectivity index (χ1v) is 16.9. The quantitative estimate of drug-likeness (QED) is 0.0308. The summed E-state index contributed by atoms with van der Waals surface area (Å²) in [6.07, 6.45) is 15.5. The number of hydrogen-bond donors (Lipinski definition) is 0. The molecule has 8 heteroatoms. The van der Waals surface area contributed by atoms with Crippen molar-refractivity contribution < 1.29 is 19.0 Å². The van der Waals surface area contributed by atoms with Gasteiger partial charge in [-0.05, 0) is 92.6 Å². The zero-order chi connectivity index (χ0) is 31.3. The lowest BCUT2D eigenvalue weighted by Gasteiger charge is -2.26. The van der Waals surface area contributed by atoms with E-state index in [-0.39, 0.29) is 0 Å². The SMILES string of the molecule is C=CCCCCCCOc1ccc(C(=O)Oc2ccc(OC)c(/C=N/N(CC3CCCCC3)c3nc4ccccc4s3)c2)cc1. The molecule has 0 aliphatic heterocycles. The Morgan fingerprint density at radius 2 is 1.78 bits per heavy atom. The molecule has 0 spiro atoms. The molecular formula is C37H43N3O4S. The Morgan fingerprint density at radius 3 is 2.56 bits per heavy atom. The van der Waals surface area contributed by atoms with Crippen LogP contribution < -0.4 is 19.2 Å². The number of thiazole rings is 1. The Morgan fingerprint density at radius 1 is 1.00 bits per heavy atom. The summed E-state index contributed by atoms with van der Waals surface area (Å²) >= 11 is 1.65. The molecule has 0 atom stereocenters. The van der Waals surface area contributed by atoms with Crippen LogP contribution in [0, 0.1) is 5.92 Å². The number of carbonyl (C=O) groups is 1. The predicted molar refractivity (Wildman–Crippen MR) is 184 cm³/mol. The molecule has 1 fully saturated rings. The number of benzene rings is 3. The molecule has 0 N–H and O–H groups in total. The van der Waals surface area contributed by atoms with Crippen molar-refractivity contribution in [2.24, 2.45) is 11.0 Å². The molecule has 0 bridgehead atoms. The molecule has 5 rings (SSSR count). The summed E-state index contributed by atoms with van der Waals surface area (Å²) in [4.78, 5) is 17.9. The first kappa shape index (κ1) is 32.2. The number of carbonyl (C=O) groups excluding carboxylic acids is 1. The Kier molecular flexibility index (Phi) is 12.0. The highest BCUT2D eigenvalue weighted by Crippen LogP contribution is 2.32. The third kappa shape index (κ3) is 9.41. The largest absolute Gasteiger partial charge is 0.496 e. The number of anilines is 1. The fourth-order valence-electron chi connectivity index (χ4n) is 5.56. The number of unbranched alkanes of at least 4 members (excludes halogenated alkanes) is 4.